The van der Waals surface area contributed by atoms with Gasteiger partial charge < -0.3 is 4.52 Å². The second-order valence-electron chi connectivity index (χ2n) is 5.84. The highest BCUT2D eigenvalue weighted by molar-refractivity contribution is 6.43. The van der Waals surface area contributed by atoms with Crippen molar-refractivity contribution in [2.45, 2.75) is 19.0 Å². The first-order valence-electron chi connectivity index (χ1n) is 8.08. The molecular weight excluding hydrogens is 380 g/mol. The summed E-state index contributed by atoms with van der Waals surface area (Å²) in [5.41, 5.74) is 0.577. The third-order valence-electron chi connectivity index (χ3n) is 3.91. The fraction of sp³-hybridized carbons (Fsp3) is 0.158. The summed E-state index contributed by atoms with van der Waals surface area (Å²) in [6.07, 6.45) is -4.84. The van der Waals surface area contributed by atoms with Crippen LogP contribution in [0.3, 0.4) is 0 Å². The van der Waals surface area contributed by atoms with E-state index in [1.807, 2.05) is 0 Å². The van der Waals surface area contributed by atoms with Gasteiger partial charge in [-0.15, -0.1) is 0 Å². The van der Waals surface area contributed by atoms with Crippen LogP contribution in [0.1, 0.15) is 28.2 Å². The minimum Gasteiger partial charge on any atom is -0.329 e. The molecule has 3 aromatic rings. The maximum Gasteiger partial charge on any atom is 0.471 e. The van der Waals surface area contributed by atoms with Crippen molar-refractivity contribution in [3.8, 4) is 11.4 Å². The van der Waals surface area contributed by atoms with Crippen LogP contribution < -0.4 is 0 Å². The molecule has 28 heavy (non-hydrogen) atoms. The molecule has 0 fully saturated rings. The first-order valence-corrected chi connectivity index (χ1v) is 8.08. The lowest BCUT2D eigenvalue weighted by Crippen LogP contribution is -2.15. The minimum absolute atomic E-state index is 0.0572. The van der Waals surface area contributed by atoms with Gasteiger partial charge in [0.05, 0.1) is 0 Å². The summed E-state index contributed by atoms with van der Waals surface area (Å²) < 4.78 is 55.2. The molecule has 0 radical (unpaired) electrons. The van der Waals surface area contributed by atoms with Gasteiger partial charge in [-0.1, -0.05) is 47.6 Å². The number of ketones is 2. The molecule has 2 aromatic carbocycles. The van der Waals surface area contributed by atoms with Crippen molar-refractivity contribution in [1.29, 1.82) is 0 Å². The highest BCUT2D eigenvalue weighted by atomic mass is 19.4. The minimum atomic E-state index is -4.76. The molecule has 9 heteroatoms. The summed E-state index contributed by atoms with van der Waals surface area (Å²) in [7, 11) is 0. The summed E-state index contributed by atoms with van der Waals surface area (Å²) >= 11 is 0. The number of aryl methyl sites for hydroxylation is 1. The maximum absolute atomic E-state index is 13.6. The van der Waals surface area contributed by atoms with Crippen molar-refractivity contribution in [1.82, 2.24) is 10.1 Å². The Labute approximate surface area is 156 Å². The van der Waals surface area contributed by atoms with E-state index in [4.69, 9.17) is 0 Å². The molecule has 0 atom stereocenters. The fourth-order valence-electron chi connectivity index (χ4n) is 2.45. The van der Waals surface area contributed by atoms with Crippen molar-refractivity contribution in [2.24, 2.45) is 0 Å². The SMILES string of the molecule is O=C(CCc1ccccc1F)C(=O)c1ccc(-c2noc(C(F)(F)F)n2)cc1. The molecule has 0 bridgehead atoms. The van der Waals surface area contributed by atoms with Crippen LogP contribution in [0.4, 0.5) is 17.6 Å². The zero-order valence-corrected chi connectivity index (χ0v) is 14.2. The summed E-state index contributed by atoms with van der Waals surface area (Å²) in [6, 6.07) is 11.1. The molecule has 0 aliphatic rings. The van der Waals surface area contributed by atoms with E-state index in [9.17, 15) is 27.2 Å². The average Bonchev–Trinajstić information content (AvgIpc) is 3.17. The fourth-order valence-corrected chi connectivity index (χ4v) is 2.45. The Hall–Kier alpha value is -3.36. The molecule has 144 valence electrons. The molecular formula is C19H12F4N2O3. The quantitative estimate of drug-likeness (QED) is 0.356. The molecule has 3 rings (SSSR count). The molecule has 0 unspecified atom stereocenters. The number of carbonyl (C=O) groups is 2. The number of Topliss-reactive ketones (excluding diaryl/α,β-unsaturated/α-hetero) is 2. The predicted octanol–water partition coefficient (Wildman–Crippen LogP) is 4.28. The number of rotatable bonds is 6. The zero-order valence-electron chi connectivity index (χ0n) is 14.2. The van der Waals surface area contributed by atoms with Crippen LogP contribution in [0.5, 0.6) is 0 Å². The largest absolute Gasteiger partial charge is 0.471 e. The Morgan fingerprint density at radius 2 is 1.68 bits per heavy atom. The molecule has 1 aromatic heterocycles. The maximum atomic E-state index is 13.6. The molecule has 0 N–H and O–H groups in total. The number of hydrogen-bond acceptors (Lipinski definition) is 5. The van der Waals surface area contributed by atoms with Crippen LogP contribution in [-0.4, -0.2) is 21.7 Å². The van der Waals surface area contributed by atoms with Crippen LogP contribution in [0.2, 0.25) is 0 Å². The van der Waals surface area contributed by atoms with Gasteiger partial charge in [0, 0.05) is 17.5 Å². The van der Waals surface area contributed by atoms with Gasteiger partial charge in [-0.3, -0.25) is 9.59 Å². The van der Waals surface area contributed by atoms with Crippen LogP contribution in [-0.2, 0) is 17.4 Å². The Morgan fingerprint density at radius 1 is 1.00 bits per heavy atom. The van der Waals surface area contributed by atoms with Gasteiger partial charge in [0.25, 0.3) is 0 Å². The number of hydrogen-bond donors (Lipinski definition) is 0. The Bertz CT molecular complexity index is 1010. The molecule has 0 saturated heterocycles. The average molecular weight is 392 g/mol. The third-order valence-corrected chi connectivity index (χ3v) is 3.91. The van der Waals surface area contributed by atoms with E-state index < -0.39 is 29.5 Å². The number of benzene rings is 2. The topological polar surface area (TPSA) is 73.1 Å². The van der Waals surface area contributed by atoms with Gasteiger partial charge in [0.1, 0.15) is 5.82 Å². The first kappa shape index (κ1) is 19.4. The first-order chi connectivity index (χ1) is 13.3. The van der Waals surface area contributed by atoms with E-state index in [1.54, 1.807) is 6.07 Å². The number of halogens is 4. The lowest BCUT2D eigenvalue weighted by Gasteiger charge is -2.03. The monoisotopic (exact) mass is 392 g/mol. The van der Waals surface area contributed by atoms with Gasteiger partial charge >= 0.3 is 12.1 Å². The molecule has 0 spiro atoms. The van der Waals surface area contributed by atoms with Gasteiger partial charge in [-0.2, -0.15) is 18.2 Å². The standard InChI is InChI=1S/C19H12F4N2O3/c20-14-4-2-1-3-11(14)9-10-15(26)16(27)12-5-7-13(8-6-12)17-24-18(28-25-17)19(21,22)23/h1-8H,9-10H2. The second-order valence-corrected chi connectivity index (χ2v) is 5.84. The van der Waals surface area contributed by atoms with E-state index in [0.717, 1.165) is 0 Å². The van der Waals surface area contributed by atoms with Crippen LogP contribution in [0.25, 0.3) is 11.4 Å². The van der Waals surface area contributed by atoms with E-state index in [1.165, 1.54) is 42.5 Å². The highest BCUT2D eigenvalue weighted by Crippen LogP contribution is 2.29. The summed E-state index contributed by atoms with van der Waals surface area (Å²) in [6.45, 7) is 0. The van der Waals surface area contributed by atoms with Gasteiger partial charge in [0.15, 0.2) is 0 Å². The Balaban J connectivity index is 1.67. The summed E-state index contributed by atoms with van der Waals surface area (Å²) in [4.78, 5) is 27.5. The van der Waals surface area contributed by atoms with E-state index in [-0.39, 0.29) is 29.8 Å². The number of carbonyl (C=O) groups excluding carboxylic acids is 2. The van der Waals surface area contributed by atoms with Crippen molar-refractivity contribution < 1.29 is 31.7 Å². The predicted molar refractivity (Wildman–Crippen MR) is 88.8 cm³/mol. The number of alkyl halides is 3. The molecule has 1 heterocycles. The van der Waals surface area contributed by atoms with Crippen molar-refractivity contribution in [2.75, 3.05) is 0 Å². The van der Waals surface area contributed by atoms with E-state index in [2.05, 4.69) is 14.7 Å². The Morgan fingerprint density at radius 3 is 2.29 bits per heavy atom. The summed E-state index contributed by atoms with van der Waals surface area (Å²) in [5.74, 6) is -3.70. The summed E-state index contributed by atoms with van der Waals surface area (Å²) in [5, 5.41) is 3.24. The molecule has 0 aliphatic heterocycles. The van der Waals surface area contributed by atoms with E-state index >= 15 is 0 Å². The van der Waals surface area contributed by atoms with Crippen LogP contribution in [0, 0.1) is 5.82 Å². The second kappa shape index (κ2) is 7.71. The Kier molecular flexibility index (Phi) is 5.34. The van der Waals surface area contributed by atoms with Gasteiger partial charge in [-0.25, -0.2) is 4.39 Å². The van der Waals surface area contributed by atoms with Gasteiger partial charge in [0.2, 0.25) is 17.4 Å². The smallest absolute Gasteiger partial charge is 0.329 e. The lowest BCUT2D eigenvalue weighted by molar-refractivity contribution is -0.159. The molecule has 5 nitrogen and oxygen atoms in total. The van der Waals surface area contributed by atoms with Gasteiger partial charge in [-0.05, 0) is 18.1 Å². The lowest BCUT2D eigenvalue weighted by atomic mass is 10.0. The number of nitrogens with zero attached hydrogens (tertiary/aromatic N) is 2. The van der Waals surface area contributed by atoms with Crippen LogP contribution >= 0.6 is 0 Å². The van der Waals surface area contributed by atoms with Crippen molar-refractivity contribution >= 4 is 11.6 Å². The number of aromatic nitrogens is 2. The highest BCUT2D eigenvalue weighted by Gasteiger charge is 2.38. The zero-order chi connectivity index (χ0) is 20.3. The van der Waals surface area contributed by atoms with E-state index in [0.29, 0.717) is 5.56 Å². The third kappa shape index (κ3) is 4.30. The van der Waals surface area contributed by atoms with Crippen LogP contribution in [0.15, 0.2) is 53.1 Å². The van der Waals surface area contributed by atoms with Crippen molar-refractivity contribution in [3.05, 3.63) is 71.4 Å². The molecule has 0 saturated carbocycles. The normalized spacial score (nSPS) is 11.4. The van der Waals surface area contributed by atoms with Crippen molar-refractivity contribution in [3.63, 3.8) is 0 Å². The molecule has 0 amide bonds. The molecule has 0 aliphatic carbocycles.